The van der Waals surface area contributed by atoms with Gasteiger partial charge in [-0.15, -0.1) is 0 Å². The monoisotopic (exact) mass is 294 g/mol. The molecule has 120 valence electrons. The second kappa shape index (κ2) is 9.37. The van der Waals surface area contributed by atoms with Crippen molar-refractivity contribution >= 4 is 17.8 Å². The fourth-order valence-corrected chi connectivity index (χ4v) is 1.84. The summed E-state index contributed by atoms with van der Waals surface area (Å²) in [5.41, 5.74) is 0. The Bertz CT molecular complexity index is 405. The second-order valence-electron chi connectivity index (χ2n) is 5.92. The maximum atomic E-state index is 4.43. The van der Waals surface area contributed by atoms with E-state index in [1.165, 1.54) is 12.8 Å². The molecule has 0 saturated carbocycles. The summed E-state index contributed by atoms with van der Waals surface area (Å²) in [5.74, 6) is 2.73. The van der Waals surface area contributed by atoms with Crippen LogP contribution in [0.25, 0.3) is 0 Å². The fraction of sp³-hybridized carbons (Fsp3) is 0.800. The third-order valence-corrected chi connectivity index (χ3v) is 3.05. The zero-order valence-electron chi connectivity index (χ0n) is 14.1. The average molecular weight is 294 g/mol. The Labute approximate surface area is 128 Å². The molecule has 0 bridgehead atoms. The van der Waals surface area contributed by atoms with Gasteiger partial charge in [-0.3, -0.25) is 0 Å². The molecule has 0 radical (unpaired) electrons. The van der Waals surface area contributed by atoms with E-state index >= 15 is 0 Å². The molecule has 21 heavy (non-hydrogen) atoms. The van der Waals surface area contributed by atoms with Gasteiger partial charge in [0.1, 0.15) is 0 Å². The van der Waals surface area contributed by atoms with Crippen LogP contribution in [0.5, 0.6) is 0 Å². The maximum absolute atomic E-state index is 4.43. The Morgan fingerprint density at radius 3 is 2.10 bits per heavy atom. The summed E-state index contributed by atoms with van der Waals surface area (Å²) in [5, 5.41) is 6.52. The van der Waals surface area contributed by atoms with Crippen molar-refractivity contribution in [3.05, 3.63) is 0 Å². The highest BCUT2D eigenvalue weighted by Gasteiger charge is 2.07. The number of anilines is 3. The van der Waals surface area contributed by atoms with Gasteiger partial charge in [-0.05, 0) is 18.8 Å². The Kier molecular flexibility index (Phi) is 7.79. The van der Waals surface area contributed by atoms with Gasteiger partial charge >= 0.3 is 0 Å². The van der Waals surface area contributed by atoms with Crippen molar-refractivity contribution in [1.29, 1.82) is 0 Å². The Hall–Kier alpha value is -1.59. The summed E-state index contributed by atoms with van der Waals surface area (Å²) in [7, 11) is 3.87. The number of rotatable bonds is 10. The summed E-state index contributed by atoms with van der Waals surface area (Å²) in [6.07, 6.45) is 4.68. The van der Waals surface area contributed by atoms with E-state index in [-0.39, 0.29) is 0 Å². The molecule has 0 aliphatic carbocycles. The molecule has 1 aromatic rings. The quantitative estimate of drug-likeness (QED) is 0.647. The van der Waals surface area contributed by atoms with E-state index in [4.69, 9.17) is 0 Å². The topological polar surface area (TPSA) is 66.0 Å². The minimum Gasteiger partial charge on any atom is -0.354 e. The summed E-state index contributed by atoms with van der Waals surface area (Å²) < 4.78 is 0. The highest BCUT2D eigenvalue weighted by atomic mass is 15.3. The molecule has 6 heteroatoms. The average Bonchev–Trinajstić information content (AvgIpc) is 2.44. The molecular formula is C15H30N6. The lowest BCUT2D eigenvalue weighted by Crippen LogP contribution is -2.17. The zero-order valence-corrected chi connectivity index (χ0v) is 14.1. The lowest BCUT2D eigenvalue weighted by atomic mass is 10.1. The van der Waals surface area contributed by atoms with Crippen LogP contribution in [-0.4, -0.2) is 42.1 Å². The van der Waals surface area contributed by atoms with Crippen LogP contribution in [0.2, 0.25) is 0 Å². The minimum atomic E-state index is 0.639. The highest BCUT2D eigenvalue weighted by molar-refractivity contribution is 5.42. The molecule has 0 atom stereocenters. The molecule has 0 unspecified atom stereocenters. The molecule has 1 aromatic heterocycles. The van der Waals surface area contributed by atoms with E-state index in [2.05, 4.69) is 46.4 Å². The number of nitrogens with one attached hydrogen (secondary N) is 2. The third-order valence-electron chi connectivity index (χ3n) is 3.05. The van der Waals surface area contributed by atoms with Gasteiger partial charge in [0, 0.05) is 27.2 Å². The van der Waals surface area contributed by atoms with Crippen LogP contribution in [0.4, 0.5) is 17.8 Å². The molecule has 1 rings (SSSR count). The number of nitrogens with zero attached hydrogens (tertiary/aromatic N) is 4. The Morgan fingerprint density at radius 2 is 1.57 bits per heavy atom. The van der Waals surface area contributed by atoms with Crippen LogP contribution in [0.1, 0.15) is 46.5 Å². The molecule has 0 saturated heterocycles. The van der Waals surface area contributed by atoms with Crippen LogP contribution in [0.3, 0.4) is 0 Å². The van der Waals surface area contributed by atoms with Crippen LogP contribution in [0, 0.1) is 5.92 Å². The van der Waals surface area contributed by atoms with E-state index in [9.17, 15) is 0 Å². The van der Waals surface area contributed by atoms with Gasteiger partial charge < -0.3 is 15.5 Å². The molecular weight excluding hydrogens is 264 g/mol. The van der Waals surface area contributed by atoms with E-state index < -0.39 is 0 Å². The van der Waals surface area contributed by atoms with Gasteiger partial charge in [-0.25, -0.2) is 0 Å². The van der Waals surface area contributed by atoms with Crippen molar-refractivity contribution in [2.75, 3.05) is 42.7 Å². The standard InChI is InChI=1S/C15H30N6/c1-6-10-16-13-18-14(20-15(19-13)21(4)5)17-11-8-7-9-12(2)3/h12H,6-11H2,1-5H3,(H2,16,17,18,19,20). The first-order valence-electron chi connectivity index (χ1n) is 7.94. The van der Waals surface area contributed by atoms with Gasteiger partial charge in [0.15, 0.2) is 0 Å². The number of aromatic nitrogens is 3. The van der Waals surface area contributed by atoms with Gasteiger partial charge in [0.05, 0.1) is 0 Å². The van der Waals surface area contributed by atoms with Gasteiger partial charge in [0.25, 0.3) is 0 Å². The van der Waals surface area contributed by atoms with Crippen molar-refractivity contribution in [3.8, 4) is 0 Å². The fourth-order valence-electron chi connectivity index (χ4n) is 1.84. The van der Waals surface area contributed by atoms with Crippen LogP contribution in [0.15, 0.2) is 0 Å². The number of unbranched alkanes of at least 4 members (excludes halogenated alkanes) is 1. The first-order valence-corrected chi connectivity index (χ1v) is 7.94. The normalized spacial score (nSPS) is 10.8. The van der Waals surface area contributed by atoms with E-state index in [0.717, 1.165) is 31.8 Å². The van der Waals surface area contributed by atoms with Gasteiger partial charge in [-0.2, -0.15) is 15.0 Å². The van der Waals surface area contributed by atoms with Crippen LogP contribution < -0.4 is 15.5 Å². The van der Waals surface area contributed by atoms with Gasteiger partial charge in [-0.1, -0.05) is 33.6 Å². The first kappa shape index (κ1) is 17.5. The van der Waals surface area contributed by atoms with Crippen LogP contribution in [-0.2, 0) is 0 Å². The first-order chi connectivity index (χ1) is 10.0. The highest BCUT2D eigenvalue weighted by Crippen LogP contribution is 2.12. The predicted octanol–water partition coefficient (Wildman–Crippen LogP) is 3.00. The maximum Gasteiger partial charge on any atom is 0.231 e. The molecule has 6 nitrogen and oxygen atoms in total. The van der Waals surface area contributed by atoms with Crippen molar-refractivity contribution in [3.63, 3.8) is 0 Å². The van der Waals surface area contributed by atoms with Crippen molar-refractivity contribution in [1.82, 2.24) is 15.0 Å². The lowest BCUT2D eigenvalue weighted by molar-refractivity contribution is 0.544. The summed E-state index contributed by atoms with van der Waals surface area (Å²) in [4.78, 5) is 15.1. The van der Waals surface area contributed by atoms with E-state index in [1.54, 1.807) is 0 Å². The number of hydrogen-bond acceptors (Lipinski definition) is 6. The summed E-state index contributed by atoms with van der Waals surface area (Å²) in [6.45, 7) is 8.40. The molecule has 0 aliphatic heterocycles. The van der Waals surface area contributed by atoms with Crippen molar-refractivity contribution in [2.45, 2.75) is 46.5 Å². The second-order valence-corrected chi connectivity index (χ2v) is 5.92. The molecule has 0 aromatic carbocycles. The Morgan fingerprint density at radius 1 is 0.952 bits per heavy atom. The van der Waals surface area contributed by atoms with Crippen molar-refractivity contribution < 1.29 is 0 Å². The summed E-state index contributed by atoms with van der Waals surface area (Å²) >= 11 is 0. The predicted molar refractivity (Wildman–Crippen MR) is 90.1 cm³/mol. The van der Waals surface area contributed by atoms with Crippen LogP contribution >= 0.6 is 0 Å². The third kappa shape index (κ3) is 7.11. The smallest absolute Gasteiger partial charge is 0.231 e. The van der Waals surface area contributed by atoms with E-state index in [1.807, 2.05) is 19.0 Å². The molecule has 1 heterocycles. The Balaban J connectivity index is 2.56. The molecule has 0 amide bonds. The van der Waals surface area contributed by atoms with Crippen molar-refractivity contribution in [2.24, 2.45) is 5.92 Å². The number of hydrogen-bond donors (Lipinski definition) is 2. The lowest BCUT2D eigenvalue weighted by Gasteiger charge is -2.14. The molecule has 2 N–H and O–H groups in total. The van der Waals surface area contributed by atoms with E-state index in [0.29, 0.717) is 17.8 Å². The van der Waals surface area contributed by atoms with Gasteiger partial charge in [0.2, 0.25) is 17.8 Å². The largest absolute Gasteiger partial charge is 0.354 e. The molecule has 0 fully saturated rings. The SMILES string of the molecule is CCCNc1nc(NCCCCC(C)C)nc(N(C)C)n1. The molecule has 0 aliphatic rings. The zero-order chi connectivity index (χ0) is 15.7. The minimum absolute atomic E-state index is 0.639. The molecule has 0 spiro atoms. The summed E-state index contributed by atoms with van der Waals surface area (Å²) in [6, 6.07) is 0.